The van der Waals surface area contributed by atoms with E-state index >= 15 is 0 Å². The highest BCUT2D eigenvalue weighted by Gasteiger charge is 2.36. The third-order valence-corrected chi connectivity index (χ3v) is 4.77. The number of ether oxygens (including phenoxy) is 1. The van der Waals surface area contributed by atoms with Crippen molar-refractivity contribution in [3.8, 4) is 5.75 Å². The van der Waals surface area contributed by atoms with E-state index < -0.39 is 23.1 Å². The second-order valence-corrected chi connectivity index (χ2v) is 6.48. The molecule has 0 saturated carbocycles. The maximum Gasteiger partial charge on any atom is 0.274 e. The normalized spacial score (nSPS) is 16.9. The van der Waals surface area contributed by atoms with Crippen molar-refractivity contribution in [2.24, 2.45) is 0 Å². The number of nitrogens with zero attached hydrogens (tertiary/aromatic N) is 2. The number of methoxy groups -OCH3 is 1. The van der Waals surface area contributed by atoms with Crippen LogP contribution in [-0.4, -0.2) is 35.8 Å². The number of carbonyl (C=O) groups excluding carboxylic acids is 1. The number of aryl methyl sites for hydroxylation is 1. The molecule has 1 N–H and O–H groups in total. The molecular formula is C19H20F2N2O4. The van der Waals surface area contributed by atoms with E-state index in [1.54, 1.807) is 13.0 Å². The van der Waals surface area contributed by atoms with Gasteiger partial charge in [-0.15, -0.1) is 0 Å². The van der Waals surface area contributed by atoms with Crippen LogP contribution >= 0.6 is 0 Å². The van der Waals surface area contributed by atoms with Crippen LogP contribution in [0, 0.1) is 18.6 Å². The number of hydrogen-bond acceptors (Lipinski definition) is 4. The van der Waals surface area contributed by atoms with Gasteiger partial charge in [0.2, 0.25) is 5.91 Å². The third-order valence-electron chi connectivity index (χ3n) is 4.77. The Labute approximate surface area is 154 Å². The van der Waals surface area contributed by atoms with Crippen LogP contribution in [0.15, 0.2) is 29.2 Å². The van der Waals surface area contributed by atoms with Crippen molar-refractivity contribution >= 4 is 11.6 Å². The topological polar surface area (TPSA) is 71.8 Å². The molecule has 1 amide bonds. The fourth-order valence-corrected chi connectivity index (χ4v) is 3.45. The van der Waals surface area contributed by atoms with Crippen molar-refractivity contribution in [2.75, 3.05) is 25.2 Å². The molecule has 8 heteroatoms. The van der Waals surface area contributed by atoms with Crippen LogP contribution in [-0.2, 0) is 11.3 Å². The lowest BCUT2D eigenvalue weighted by Crippen LogP contribution is -2.34. The number of aliphatic hydroxyl groups is 1. The van der Waals surface area contributed by atoms with Crippen molar-refractivity contribution in [3.63, 3.8) is 0 Å². The molecule has 0 aliphatic carbocycles. The van der Waals surface area contributed by atoms with Gasteiger partial charge in [-0.2, -0.15) is 0 Å². The van der Waals surface area contributed by atoms with E-state index in [2.05, 4.69) is 0 Å². The smallest absolute Gasteiger partial charge is 0.274 e. The van der Waals surface area contributed by atoms with Crippen molar-refractivity contribution in [2.45, 2.75) is 25.8 Å². The lowest BCUT2D eigenvalue weighted by atomic mass is 9.97. The maximum absolute atomic E-state index is 14.4. The molecule has 1 aromatic carbocycles. The Kier molecular flexibility index (Phi) is 5.27. The van der Waals surface area contributed by atoms with Crippen LogP contribution < -0.4 is 15.2 Å². The van der Waals surface area contributed by atoms with E-state index in [0.29, 0.717) is 5.56 Å². The summed E-state index contributed by atoms with van der Waals surface area (Å²) in [5, 5.41) is 9.08. The Bertz CT molecular complexity index is 919. The van der Waals surface area contributed by atoms with Crippen LogP contribution in [0.4, 0.5) is 14.5 Å². The highest BCUT2D eigenvalue weighted by molar-refractivity contribution is 5.97. The first kappa shape index (κ1) is 19.0. The minimum Gasteiger partial charge on any atom is -0.497 e. The molecule has 2 heterocycles. The number of halogens is 2. The number of rotatable bonds is 5. The zero-order valence-electron chi connectivity index (χ0n) is 15.0. The first-order valence-corrected chi connectivity index (χ1v) is 8.51. The summed E-state index contributed by atoms with van der Waals surface area (Å²) in [5.74, 6) is -2.60. The minimum absolute atomic E-state index is 0.00177. The maximum atomic E-state index is 14.4. The first-order valence-electron chi connectivity index (χ1n) is 8.51. The largest absolute Gasteiger partial charge is 0.497 e. The SMILES string of the molecule is COc1cc(F)c([C@H]2CC(=O)N(c3c(C)ccn(CCO)c3=O)C2)c(F)c1. The molecule has 1 fully saturated rings. The van der Waals surface area contributed by atoms with Gasteiger partial charge < -0.3 is 19.3 Å². The van der Waals surface area contributed by atoms with E-state index in [9.17, 15) is 18.4 Å². The van der Waals surface area contributed by atoms with Gasteiger partial charge in [0, 0.05) is 49.3 Å². The summed E-state index contributed by atoms with van der Waals surface area (Å²) in [6.07, 6.45) is 1.44. The molecule has 0 spiro atoms. The second-order valence-electron chi connectivity index (χ2n) is 6.48. The summed E-state index contributed by atoms with van der Waals surface area (Å²) in [4.78, 5) is 26.5. The average molecular weight is 378 g/mol. The van der Waals surface area contributed by atoms with Crippen molar-refractivity contribution in [3.05, 3.63) is 57.5 Å². The Morgan fingerprint density at radius 1 is 1.26 bits per heavy atom. The van der Waals surface area contributed by atoms with Gasteiger partial charge >= 0.3 is 0 Å². The molecule has 1 aliphatic rings. The van der Waals surface area contributed by atoms with Crippen LogP contribution in [0.3, 0.4) is 0 Å². The molecule has 0 unspecified atom stereocenters. The Hall–Kier alpha value is -2.74. The summed E-state index contributed by atoms with van der Waals surface area (Å²) >= 11 is 0. The highest BCUT2D eigenvalue weighted by atomic mass is 19.1. The predicted molar refractivity (Wildman–Crippen MR) is 95.1 cm³/mol. The van der Waals surface area contributed by atoms with Crippen LogP contribution in [0.5, 0.6) is 5.75 Å². The summed E-state index contributed by atoms with van der Waals surface area (Å²) in [7, 11) is 1.31. The molecule has 1 aromatic heterocycles. The summed E-state index contributed by atoms with van der Waals surface area (Å²) < 4.78 is 34.9. The van der Waals surface area contributed by atoms with Crippen molar-refractivity contribution in [1.29, 1.82) is 0 Å². The van der Waals surface area contributed by atoms with Gasteiger partial charge in [0.05, 0.1) is 13.7 Å². The van der Waals surface area contributed by atoms with Gasteiger partial charge in [-0.25, -0.2) is 8.78 Å². The quantitative estimate of drug-likeness (QED) is 0.863. The van der Waals surface area contributed by atoms with Crippen LogP contribution in [0.25, 0.3) is 0 Å². The molecule has 2 aromatic rings. The lowest BCUT2D eigenvalue weighted by Gasteiger charge is -2.20. The molecule has 144 valence electrons. The Balaban J connectivity index is 1.98. The lowest BCUT2D eigenvalue weighted by molar-refractivity contribution is -0.117. The van der Waals surface area contributed by atoms with Gasteiger partial charge in [0.15, 0.2) is 0 Å². The first-order chi connectivity index (χ1) is 12.9. The second kappa shape index (κ2) is 7.48. The molecule has 0 bridgehead atoms. The average Bonchev–Trinajstić information content (AvgIpc) is 2.98. The van der Waals surface area contributed by atoms with Crippen LogP contribution in [0.1, 0.15) is 23.5 Å². The van der Waals surface area contributed by atoms with Gasteiger partial charge in [0.1, 0.15) is 23.1 Å². The van der Waals surface area contributed by atoms with Crippen molar-refractivity contribution < 1.29 is 23.4 Å². The summed E-state index contributed by atoms with van der Waals surface area (Å²) in [6.45, 7) is 1.56. The Morgan fingerprint density at radius 3 is 2.52 bits per heavy atom. The molecular weight excluding hydrogens is 358 g/mol. The number of carbonyl (C=O) groups is 1. The monoisotopic (exact) mass is 378 g/mol. The van der Waals surface area contributed by atoms with Crippen LogP contribution in [0.2, 0.25) is 0 Å². The van der Waals surface area contributed by atoms with E-state index in [-0.39, 0.29) is 49.0 Å². The van der Waals surface area contributed by atoms with Gasteiger partial charge in [-0.05, 0) is 18.6 Å². The zero-order chi connectivity index (χ0) is 19.7. The number of benzene rings is 1. The summed E-state index contributed by atoms with van der Waals surface area (Å²) in [6, 6.07) is 3.82. The molecule has 27 heavy (non-hydrogen) atoms. The fourth-order valence-electron chi connectivity index (χ4n) is 3.45. The number of aliphatic hydroxyl groups excluding tert-OH is 1. The minimum atomic E-state index is -0.783. The Morgan fingerprint density at radius 2 is 1.93 bits per heavy atom. The van der Waals surface area contributed by atoms with Gasteiger partial charge in [-0.3, -0.25) is 9.59 Å². The molecule has 1 atom stereocenters. The molecule has 6 nitrogen and oxygen atoms in total. The zero-order valence-corrected chi connectivity index (χ0v) is 15.0. The molecule has 0 radical (unpaired) electrons. The number of amides is 1. The molecule has 3 rings (SSSR count). The fraction of sp³-hybridized carbons (Fsp3) is 0.368. The number of pyridine rings is 1. The number of aromatic nitrogens is 1. The molecule has 1 saturated heterocycles. The molecule has 1 aliphatic heterocycles. The number of hydrogen-bond donors (Lipinski definition) is 1. The third kappa shape index (κ3) is 3.44. The van der Waals surface area contributed by atoms with Gasteiger partial charge in [0.25, 0.3) is 5.56 Å². The van der Waals surface area contributed by atoms with E-state index in [0.717, 1.165) is 12.1 Å². The number of anilines is 1. The predicted octanol–water partition coefficient (Wildman–Crippen LogP) is 1.96. The van der Waals surface area contributed by atoms with Gasteiger partial charge in [-0.1, -0.05) is 0 Å². The summed E-state index contributed by atoms with van der Waals surface area (Å²) in [5.41, 5.74) is 0.149. The van der Waals surface area contributed by atoms with E-state index in [4.69, 9.17) is 9.84 Å². The van der Waals surface area contributed by atoms with E-state index in [1.165, 1.54) is 22.8 Å². The van der Waals surface area contributed by atoms with Crippen molar-refractivity contribution in [1.82, 2.24) is 4.57 Å². The highest BCUT2D eigenvalue weighted by Crippen LogP contribution is 2.35. The van der Waals surface area contributed by atoms with E-state index in [1.807, 2.05) is 0 Å². The standard InChI is InChI=1S/C19H20F2N2O4/c1-11-3-4-22(5-6-24)19(26)18(11)23-10-12(7-16(23)25)17-14(20)8-13(27-2)9-15(17)21/h3-4,8-9,12,24H,5-7,10H2,1-2H3/t12-/m0/s1.